The van der Waals surface area contributed by atoms with E-state index >= 15 is 0 Å². The minimum atomic E-state index is 0.222. The zero-order chi connectivity index (χ0) is 12.5. The van der Waals surface area contributed by atoms with E-state index in [0.29, 0.717) is 23.3 Å². The van der Waals surface area contributed by atoms with Crippen LogP contribution < -0.4 is 10.5 Å². The number of rotatable bonds is 3. The molecule has 2 N–H and O–H groups in total. The number of nitrogens with two attached hydrogens (primary N) is 1. The van der Waals surface area contributed by atoms with Crippen LogP contribution in [0, 0.1) is 0 Å². The predicted octanol–water partition coefficient (Wildman–Crippen LogP) is 0.797. The highest BCUT2D eigenvalue weighted by molar-refractivity contribution is 5.51. The lowest BCUT2D eigenvalue weighted by Crippen LogP contribution is -2.05. The Morgan fingerprint density at radius 2 is 2.06 bits per heavy atom. The summed E-state index contributed by atoms with van der Waals surface area (Å²) in [6.45, 7) is 0. The molecule has 92 valence electrons. The Morgan fingerprint density at radius 1 is 1.22 bits per heavy atom. The van der Waals surface area contributed by atoms with Gasteiger partial charge in [0.05, 0.1) is 7.11 Å². The average molecular weight is 244 g/mol. The van der Waals surface area contributed by atoms with Crippen molar-refractivity contribution in [3.8, 4) is 17.4 Å². The molecule has 0 saturated heterocycles. The summed E-state index contributed by atoms with van der Waals surface area (Å²) < 4.78 is 5.04. The van der Waals surface area contributed by atoms with Gasteiger partial charge in [0.15, 0.2) is 5.82 Å². The highest BCUT2D eigenvalue weighted by atomic mass is 16.5. The number of hydrogen-bond donors (Lipinski definition) is 1. The second-order valence-electron chi connectivity index (χ2n) is 4.10. The Morgan fingerprint density at radius 3 is 2.78 bits per heavy atom. The number of hydrogen-bond acceptors (Lipinski definition) is 7. The molecule has 1 aliphatic rings. The number of aromatic nitrogens is 5. The van der Waals surface area contributed by atoms with Crippen LogP contribution >= 0.6 is 0 Å². The number of ether oxygens (including phenoxy) is 1. The molecule has 0 atom stereocenters. The van der Waals surface area contributed by atoms with Crippen LogP contribution in [0.4, 0.5) is 5.95 Å². The molecule has 7 heteroatoms. The van der Waals surface area contributed by atoms with Gasteiger partial charge in [-0.15, -0.1) is 0 Å². The van der Waals surface area contributed by atoms with Crippen LogP contribution in [0.3, 0.4) is 0 Å². The molecule has 2 aromatic heterocycles. The molecule has 1 aliphatic carbocycles. The lowest BCUT2D eigenvalue weighted by molar-refractivity contribution is 0.397. The van der Waals surface area contributed by atoms with Crippen LogP contribution in [-0.4, -0.2) is 32.0 Å². The fourth-order valence-corrected chi connectivity index (χ4v) is 1.62. The average Bonchev–Trinajstić information content (AvgIpc) is 3.22. The summed E-state index contributed by atoms with van der Waals surface area (Å²) in [5.74, 6) is 2.31. The minimum Gasteiger partial charge on any atom is -0.481 e. The first-order valence-corrected chi connectivity index (χ1v) is 5.64. The van der Waals surface area contributed by atoms with Crippen molar-refractivity contribution < 1.29 is 4.74 Å². The highest BCUT2D eigenvalue weighted by Gasteiger charge is 2.27. The van der Waals surface area contributed by atoms with Gasteiger partial charge in [-0.3, -0.25) is 0 Å². The molecular formula is C11H12N6O. The molecule has 0 spiro atoms. The molecular weight excluding hydrogens is 232 g/mol. The minimum absolute atomic E-state index is 0.222. The van der Waals surface area contributed by atoms with Crippen molar-refractivity contribution in [3.05, 3.63) is 18.2 Å². The van der Waals surface area contributed by atoms with Crippen LogP contribution in [0.15, 0.2) is 12.4 Å². The predicted molar refractivity (Wildman–Crippen MR) is 63.8 cm³/mol. The molecule has 0 unspecified atom stereocenters. The first-order chi connectivity index (χ1) is 8.76. The standard InChI is InChI=1S/C11H12N6O/c1-18-8-4-7(13-5-14-8)10-15-9(6-2-3-6)16-11(12)17-10/h4-6H,2-3H2,1H3,(H2,12,15,16,17). The first-order valence-electron chi connectivity index (χ1n) is 5.64. The van der Waals surface area contributed by atoms with Crippen molar-refractivity contribution in [2.45, 2.75) is 18.8 Å². The molecule has 0 aromatic carbocycles. The van der Waals surface area contributed by atoms with E-state index in [9.17, 15) is 0 Å². The van der Waals surface area contributed by atoms with Gasteiger partial charge in [-0.25, -0.2) is 15.0 Å². The van der Waals surface area contributed by atoms with E-state index in [-0.39, 0.29) is 5.95 Å². The van der Waals surface area contributed by atoms with E-state index in [1.807, 2.05) is 0 Å². The van der Waals surface area contributed by atoms with Crippen LogP contribution in [0.2, 0.25) is 0 Å². The lowest BCUT2D eigenvalue weighted by Gasteiger charge is -2.04. The molecule has 2 heterocycles. The molecule has 1 fully saturated rings. The molecule has 0 amide bonds. The fraction of sp³-hybridized carbons (Fsp3) is 0.364. The fourth-order valence-electron chi connectivity index (χ4n) is 1.62. The topological polar surface area (TPSA) is 99.7 Å². The third-order valence-electron chi connectivity index (χ3n) is 2.69. The summed E-state index contributed by atoms with van der Waals surface area (Å²) in [6.07, 6.45) is 3.62. The zero-order valence-corrected chi connectivity index (χ0v) is 9.87. The van der Waals surface area contributed by atoms with Crippen molar-refractivity contribution >= 4 is 5.95 Å². The van der Waals surface area contributed by atoms with Gasteiger partial charge in [0.1, 0.15) is 17.8 Å². The summed E-state index contributed by atoms with van der Waals surface area (Å²) in [4.78, 5) is 20.7. The van der Waals surface area contributed by atoms with E-state index in [1.165, 1.54) is 6.33 Å². The van der Waals surface area contributed by atoms with E-state index in [4.69, 9.17) is 10.5 Å². The Labute approximate surface area is 103 Å². The highest BCUT2D eigenvalue weighted by Crippen LogP contribution is 2.38. The smallest absolute Gasteiger partial charge is 0.223 e. The molecule has 18 heavy (non-hydrogen) atoms. The second kappa shape index (κ2) is 4.17. The summed E-state index contributed by atoms with van der Waals surface area (Å²) in [7, 11) is 1.55. The molecule has 0 aliphatic heterocycles. The Kier molecular flexibility index (Phi) is 2.51. The van der Waals surface area contributed by atoms with Crippen molar-refractivity contribution in [2.75, 3.05) is 12.8 Å². The van der Waals surface area contributed by atoms with Crippen molar-refractivity contribution in [1.82, 2.24) is 24.9 Å². The summed E-state index contributed by atoms with van der Waals surface area (Å²) in [6, 6.07) is 1.67. The maximum Gasteiger partial charge on any atom is 0.223 e. The van der Waals surface area contributed by atoms with Crippen molar-refractivity contribution in [1.29, 1.82) is 0 Å². The summed E-state index contributed by atoms with van der Waals surface area (Å²) in [5, 5.41) is 0. The van der Waals surface area contributed by atoms with Gasteiger partial charge in [-0.1, -0.05) is 0 Å². The molecule has 0 bridgehead atoms. The third-order valence-corrected chi connectivity index (χ3v) is 2.69. The Hall–Kier alpha value is -2.31. The number of methoxy groups -OCH3 is 1. The Bertz CT molecular complexity index is 583. The molecule has 1 saturated carbocycles. The lowest BCUT2D eigenvalue weighted by atomic mass is 10.3. The monoisotopic (exact) mass is 244 g/mol. The second-order valence-corrected chi connectivity index (χ2v) is 4.10. The van der Waals surface area contributed by atoms with Gasteiger partial charge in [0.2, 0.25) is 11.8 Å². The van der Waals surface area contributed by atoms with Crippen LogP contribution in [0.1, 0.15) is 24.6 Å². The zero-order valence-electron chi connectivity index (χ0n) is 9.87. The largest absolute Gasteiger partial charge is 0.481 e. The third kappa shape index (κ3) is 2.06. The summed E-state index contributed by atoms with van der Waals surface area (Å²) >= 11 is 0. The molecule has 7 nitrogen and oxygen atoms in total. The van der Waals surface area contributed by atoms with Gasteiger partial charge in [0, 0.05) is 12.0 Å². The molecule has 2 aromatic rings. The van der Waals surface area contributed by atoms with Crippen molar-refractivity contribution in [3.63, 3.8) is 0 Å². The van der Waals surface area contributed by atoms with Crippen LogP contribution in [0.25, 0.3) is 11.5 Å². The van der Waals surface area contributed by atoms with E-state index in [2.05, 4.69) is 24.9 Å². The molecule has 3 rings (SSSR count). The maximum absolute atomic E-state index is 5.70. The van der Waals surface area contributed by atoms with Crippen LogP contribution in [0.5, 0.6) is 5.88 Å². The maximum atomic E-state index is 5.70. The number of nitrogens with zero attached hydrogens (tertiary/aromatic N) is 5. The van der Waals surface area contributed by atoms with Gasteiger partial charge in [0.25, 0.3) is 0 Å². The van der Waals surface area contributed by atoms with Gasteiger partial charge >= 0.3 is 0 Å². The van der Waals surface area contributed by atoms with E-state index in [1.54, 1.807) is 13.2 Å². The number of anilines is 1. The SMILES string of the molecule is COc1cc(-c2nc(N)nc(C3CC3)n2)ncn1. The van der Waals surface area contributed by atoms with Crippen molar-refractivity contribution in [2.24, 2.45) is 0 Å². The van der Waals surface area contributed by atoms with Crippen LogP contribution in [-0.2, 0) is 0 Å². The van der Waals surface area contributed by atoms with E-state index < -0.39 is 0 Å². The van der Waals surface area contributed by atoms with Gasteiger partial charge in [-0.05, 0) is 12.8 Å². The first kappa shape index (κ1) is 10.8. The normalized spacial score (nSPS) is 14.5. The summed E-state index contributed by atoms with van der Waals surface area (Å²) in [5.41, 5.74) is 6.28. The van der Waals surface area contributed by atoms with Gasteiger partial charge in [-0.2, -0.15) is 9.97 Å². The van der Waals surface area contributed by atoms with Gasteiger partial charge < -0.3 is 10.5 Å². The molecule has 0 radical (unpaired) electrons. The number of nitrogen functional groups attached to an aromatic ring is 1. The quantitative estimate of drug-likeness (QED) is 0.852. The van der Waals surface area contributed by atoms with E-state index in [0.717, 1.165) is 18.7 Å². The Balaban J connectivity index is 2.04.